The van der Waals surface area contributed by atoms with Gasteiger partial charge in [0.25, 0.3) is 0 Å². The van der Waals surface area contributed by atoms with E-state index in [1.54, 1.807) is 11.3 Å². The van der Waals surface area contributed by atoms with E-state index >= 15 is 0 Å². The quantitative estimate of drug-likeness (QED) is 0.832. The molecule has 0 amide bonds. The lowest BCUT2D eigenvalue weighted by Crippen LogP contribution is -1.96. The Morgan fingerprint density at radius 1 is 1.31 bits per heavy atom. The fraction of sp³-hybridized carbons (Fsp3) is 0.167. The van der Waals surface area contributed by atoms with Crippen LogP contribution in [0.1, 0.15) is 9.75 Å². The van der Waals surface area contributed by atoms with Crippen LogP contribution in [0.15, 0.2) is 34.8 Å². The lowest BCUT2D eigenvalue weighted by molar-refractivity contribution is 1.19. The minimum Gasteiger partial charge on any atom is -0.380 e. The summed E-state index contributed by atoms with van der Waals surface area (Å²) in [4.78, 5) is 2.63. The zero-order chi connectivity index (χ0) is 11.5. The minimum atomic E-state index is 0.764. The molecular weight excluding hydrogens is 306 g/mol. The standard InChI is InChI=1S/C12H11BrClNS/c1-8-12(13)6-11(16-8)7-15-10-4-2-9(14)3-5-10/h2-6,15H,7H2,1H3. The van der Waals surface area contributed by atoms with E-state index in [1.165, 1.54) is 14.2 Å². The first-order chi connectivity index (χ1) is 7.65. The average molecular weight is 317 g/mol. The molecule has 1 heterocycles. The molecule has 0 atom stereocenters. The summed E-state index contributed by atoms with van der Waals surface area (Å²) < 4.78 is 1.19. The van der Waals surface area contributed by atoms with Crippen LogP contribution < -0.4 is 5.32 Å². The van der Waals surface area contributed by atoms with Crippen molar-refractivity contribution < 1.29 is 0 Å². The number of aryl methyl sites for hydroxylation is 1. The molecule has 1 aromatic heterocycles. The van der Waals surface area contributed by atoms with Crippen molar-refractivity contribution >= 4 is 44.6 Å². The third-order valence-electron chi connectivity index (χ3n) is 2.22. The van der Waals surface area contributed by atoms with Crippen LogP contribution in [0.2, 0.25) is 5.02 Å². The monoisotopic (exact) mass is 315 g/mol. The first-order valence-electron chi connectivity index (χ1n) is 4.89. The predicted octanol–water partition coefficient (Wildman–Crippen LogP) is 5.08. The lowest BCUT2D eigenvalue weighted by atomic mass is 10.3. The molecule has 0 fully saturated rings. The second kappa shape index (κ2) is 5.21. The SMILES string of the molecule is Cc1sc(CNc2ccc(Cl)cc2)cc1Br. The van der Waals surface area contributed by atoms with E-state index in [2.05, 4.69) is 34.2 Å². The maximum Gasteiger partial charge on any atom is 0.0494 e. The van der Waals surface area contributed by atoms with Crippen molar-refractivity contribution in [3.63, 3.8) is 0 Å². The van der Waals surface area contributed by atoms with Gasteiger partial charge in [-0.25, -0.2) is 0 Å². The fourth-order valence-corrected chi connectivity index (χ4v) is 3.03. The molecule has 0 radical (unpaired) electrons. The van der Waals surface area contributed by atoms with E-state index in [9.17, 15) is 0 Å². The summed E-state index contributed by atoms with van der Waals surface area (Å²) in [5.41, 5.74) is 1.09. The lowest BCUT2D eigenvalue weighted by Gasteiger charge is -2.04. The number of hydrogen-bond acceptors (Lipinski definition) is 2. The average Bonchev–Trinajstić information content (AvgIpc) is 2.58. The van der Waals surface area contributed by atoms with E-state index in [-0.39, 0.29) is 0 Å². The van der Waals surface area contributed by atoms with Crippen LogP contribution in [-0.4, -0.2) is 0 Å². The van der Waals surface area contributed by atoms with Gasteiger partial charge in [-0.05, 0) is 53.2 Å². The second-order valence-corrected chi connectivity index (χ2v) is 6.11. The predicted molar refractivity (Wildman–Crippen MR) is 75.5 cm³/mol. The highest BCUT2D eigenvalue weighted by Gasteiger charge is 2.02. The Labute approximate surface area is 113 Å². The van der Waals surface area contributed by atoms with Crippen molar-refractivity contribution in [2.24, 2.45) is 0 Å². The minimum absolute atomic E-state index is 0.764. The van der Waals surface area contributed by atoms with Gasteiger partial charge in [-0.1, -0.05) is 11.6 Å². The Morgan fingerprint density at radius 3 is 2.56 bits per heavy atom. The molecule has 0 bridgehead atoms. The molecule has 16 heavy (non-hydrogen) atoms. The van der Waals surface area contributed by atoms with E-state index in [0.717, 1.165) is 17.3 Å². The Hall–Kier alpha value is -0.510. The van der Waals surface area contributed by atoms with Gasteiger partial charge in [-0.15, -0.1) is 11.3 Å². The van der Waals surface area contributed by atoms with Crippen LogP contribution in [0.4, 0.5) is 5.69 Å². The number of hydrogen-bond donors (Lipinski definition) is 1. The zero-order valence-corrected chi connectivity index (χ0v) is 11.9. The summed E-state index contributed by atoms with van der Waals surface area (Å²) in [6.45, 7) is 2.96. The molecular formula is C12H11BrClNS. The summed E-state index contributed by atoms with van der Waals surface area (Å²) >= 11 is 11.1. The molecule has 2 aromatic rings. The molecule has 4 heteroatoms. The van der Waals surface area contributed by atoms with Crippen LogP contribution in [0.3, 0.4) is 0 Å². The Bertz CT molecular complexity index is 459. The Balaban J connectivity index is 1.99. The van der Waals surface area contributed by atoms with Crippen LogP contribution >= 0.6 is 38.9 Å². The maximum absolute atomic E-state index is 5.82. The maximum atomic E-state index is 5.82. The van der Waals surface area contributed by atoms with Gasteiger partial charge in [-0.2, -0.15) is 0 Å². The molecule has 0 aliphatic rings. The highest BCUT2D eigenvalue weighted by Crippen LogP contribution is 2.27. The number of halogens is 2. The van der Waals surface area contributed by atoms with Crippen molar-refractivity contribution in [1.29, 1.82) is 0 Å². The Kier molecular flexibility index (Phi) is 3.90. The number of nitrogens with one attached hydrogen (secondary N) is 1. The van der Waals surface area contributed by atoms with Crippen LogP contribution in [0.25, 0.3) is 0 Å². The summed E-state index contributed by atoms with van der Waals surface area (Å²) in [6.07, 6.45) is 0. The summed E-state index contributed by atoms with van der Waals surface area (Å²) in [5.74, 6) is 0. The fourth-order valence-electron chi connectivity index (χ4n) is 1.36. The number of thiophene rings is 1. The molecule has 0 aliphatic heterocycles. The van der Waals surface area contributed by atoms with Gasteiger partial charge in [0.1, 0.15) is 0 Å². The molecule has 0 aliphatic carbocycles. The summed E-state index contributed by atoms with van der Waals surface area (Å²) in [6, 6.07) is 9.90. The van der Waals surface area contributed by atoms with E-state index in [4.69, 9.17) is 11.6 Å². The second-order valence-electron chi connectivity index (χ2n) is 3.48. The summed E-state index contributed by atoms with van der Waals surface area (Å²) in [7, 11) is 0. The normalized spacial score (nSPS) is 10.4. The van der Waals surface area contributed by atoms with E-state index < -0.39 is 0 Å². The van der Waals surface area contributed by atoms with E-state index in [1.807, 2.05) is 24.3 Å². The first kappa shape index (κ1) is 12.0. The van der Waals surface area contributed by atoms with Gasteiger partial charge in [-0.3, -0.25) is 0 Å². The molecule has 0 spiro atoms. The largest absolute Gasteiger partial charge is 0.380 e. The van der Waals surface area contributed by atoms with Gasteiger partial charge in [0.05, 0.1) is 0 Å². The highest BCUT2D eigenvalue weighted by molar-refractivity contribution is 9.10. The third-order valence-corrected chi connectivity index (χ3v) is 4.61. The highest BCUT2D eigenvalue weighted by atomic mass is 79.9. The van der Waals surface area contributed by atoms with Crippen molar-refractivity contribution in [2.75, 3.05) is 5.32 Å². The molecule has 0 saturated carbocycles. The Morgan fingerprint density at radius 2 is 2.00 bits per heavy atom. The third kappa shape index (κ3) is 3.00. The van der Waals surface area contributed by atoms with Crippen LogP contribution in [0.5, 0.6) is 0 Å². The summed E-state index contributed by atoms with van der Waals surface area (Å²) in [5, 5.41) is 4.12. The van der Waals surface area contributed by atoms with Gasteiger partial charge in [0.2, 0.25) is 0 Å². The van der Waals surface area contributed by atoms with Gasteiger partial charge < -0.3 is 5.32 Å². The van der Waals surface area contributed by atoms with Crippen molar-refractivity contribution in [2.45, 2.75) is 13.5 Å². The van der Waals surface area contributed by atoms with E-state index in [0.29, 0.717) is 0 Å². The molecule has 0 unspecified atom stereocenters. The zero-order valence-electron chi connectivity index (χ0n) is 8.76. The number of anilines is 1. The first-order valence-corrected chi connectivity index (χ1v) is 6.88. The van der Waals surface area contributed by atoms with Crippen LogP contribution in [0, 0.1) is 6.92 Å². The molecule has 1 N–H and O–H groups in total. The molecule has 2 rings (SSSR count). The van der Waals surface area contributed by atoms with Crippen molar-refractivity contribution in [3.8, 4) is 0 Å². The number of rotatable bonds is 3. The molecule has 0 saturated heterocycles. The molecule has 1 aromatic carbocycles. The van der Waals surface area contributed by atoms with Gasteiger partial charge >= 0.3 is 0 Å². The van der Waals surface area contributed by atoms with Gasteiger partial charge in [0, 0.05) is 31.5 Å². The van der Waals surface area contributed by atoms with Crippen molar-refractivity contribution in [3.05, 3.63) is 49.6 Å². The smallest absolute Gasteiger partial charge is 0.0494 e. The van der Waals surface area contributed by atoms with Gasteiger partial charge in [0.15, 0.2) is 0 Å². The van der Waals surface area contributed by atoms with Crippen LogP contribution in [-0.2, 0) is 6.54 Å². The molecule has 84 valence electrons. The molecule has 1 nitrogen and oxygen atoms in total. The number of benzene rings is 1. The van der Waals surface area contributed by atoms with Crippen molar-refractivity contribution in [1.82, 2.24) is 0 Å². The topological polar surface area (TPSA) is 12.0 Å².